The number of nitrogens with one attached hydrogen (secondary N) is 2. The summed E-state index contributed by atoms with van der Waals surface area (Å²) in [5.74, 6) is -2.13. The maximum absolute atomic E-state index is 14.0. The Hall–Kier alpha value is -3.48. The molecular weight excluding hydrogens is 387 g/mol. The minimum atomic E-state index is -1.04. The third-order valence-electron chi connectivity index (χ3n) is 4.36. The molecule has 2 N–H and O–H groups in total. The van der Waals surface area contributed by atoms with E-state index < -0.39 is 35.7 Å². The van der Waals surface area contributed by atoms with Crippen LogP contribution in [0.25, 0.3) is 6.08 Å². The maximum Gasteiger partial charge on any atom is 0.328 e. The van der Waals surface area contributed by atoms with Gasteiger partial charge in [0.1, 0.15) is 17.9 Å². The molecule has 6 nitrogen and oxygen atoms in total. The second kappa shape index (κ2) is 11.5. The molecule has 0 radical (unpaired) electrons. The summed E-state index contributed by atoms with van der Waals surface area (Å²) in [5.41, 5.74) is 1.23. The Balaban J connectivity index is 2.11. The number of carbonyl (C=O) groups is 3. The highest BCUT2D eigenvalue weighted by Gasteiger charge is 2.27. The van der Waals surface area contributed by atoms with E-state index in [-0.39, 0.29) is 18.4 Å². The second-order valence-corrected chi connectivity index (χ2v) is 6.68. The number of benzene rings is 2. The average Bonchev–Trinajstić information content (AvgIpc) is 2.73. The molecule has 0 aliphatic rings. The zero-order chi connectivity index (χ0) is 21.9. The van der Waals surface area contributed by atoms with Crippen LogP contribution in [0, 0.1) is 5.82 Å². The first kappa shape index (κ1) is 22.8. The molecule has 30 heavy (non-hydrogen) atoms. The third kappa shape index (κ3) is 7.16. The van der Waals surface area contributed by atoms with Gasteiger partial charge in [0.05, 0.1) is 7.11 Å². The Morgan fingerprint density at radius 1 is 1.00 bits per heavy atom. The molecule has 0 aliphatic carbocycles. The van der Waals surface area contributed by atoms with Gasteiger partial charge in [-0.2, -0.15) is 0 Å². The lowest BCUT2D eigenvalue weighted by Gasteiger charge is -2.21. The van der Waals surface area contributed by atoms with Crippen molar-refractivity contribution in [3.05, 3.63) is 77.6 Å². The van der Waals surface area contributed by atoms with Crippen molar-refractivity contribution in [2.24, 2.45) is 0 Å². The van der Waals surface area contributed by atoms with Gasteiger partial charge in [0.15, 0.2) is 0 Å². The van der Waals surface area contributed by atoms with Crippen LogP contribution >= 0.6 is 0 Å². The highest BCUT2D eigenvalue weighted by Crippen LogP contribution is 2.10. The largest absolute Gasteiger partial charge is 0.467 e. The van der Waals surface area contributed by atoms with Gasteiger partial charge in [-0.25, -0.2) is 9.18 Å². The van der Waals surface area contributed by atoms with Gasteiger partial charge >= 0.3 is 5.97 Å². The van der Waals surface area contributed by atoms with Crippen molar-refractivity contribution in [1.29, 1.82) is 0 Å². The molecule has 7 heteroatoms. The molecule has 0 bridgehead atoms. The van der Waals surface area contributed by atoms with Crippen molar-refractivity contribution in [2.75, 3.05) is 7.11 Å². The summed E-state index contributed by atoms with van der Waals surface area (Å²) >= 11 is 0. The minimum absolute atomic E-state index is 0.0498. The molecule has 0 unspecified atom stereocenters. The monoisotopic (exact) mass is 412 g/mol. The van der Waals surface area contributed by atoms with E-state index in [1.54, 1.807) is 18.2 Å². The van der Waals surface area contributed by atoms with Crippen molar-refractivity contribution < 1.29 is 23.5 Å². The highest BCUT2D eigenvalue weighted by atomic mass is 19.1. The average molecular weight is 412 g/mol. The SMILES string of the molecule is COC(=O)[C@@H](C/C=C/c1ccccc1)NC(=O)[C@H](Cc1ccccc1F)NC(C)=O. The van der Waals surface area contributed by atoms with Gasteiger partial charge in [0.2, 0.25) is 11.8 Å². The smallest absolute Gasteiger partial charge is 0.328 e. The van der Waals surface area contributed by atoms with Crippen LogP contribution in [0.4, 0.5) is 4.39 Å². The molecule has 158 valence electrons. The lowest BCUT2D eigenvalue weighted by Crippen LogP contribution is -2.52. The van der Waals surface area contributed by atoms with E-state index in [4.69, 9.17) is 4.74 Å². The number of halogens is 1. The number of hydrogen-bond acceptors (Lipinski definition) is 4. The van der Waals surface area contributed by atoms with E-state index in [1.807, 2.05) is 36.4 Å². The molecule has 2 amide bonds. The van der Waals surface area contributed by atoms with Gasteiger partial charge in [-0.1, -0.05) is 60.7 Å². The highest BCUT2D eigenvalue weighted by molar-refractivity contribution is 5.90. The zero-order valence-corrected chi connectivity index (χ0v) is 16.9. The topological polar surface area (TPSA) is 84.5 Å². The van der Waals surface area contributed by atoms with Gasteiger partial charge < -0.3 is 15.4 Å². The molecule has 0 saturated carbocycles. The normalized spacial score (nSPS) is 12.8. The zero-order valence-electron chi connectivity index (χ0n) is 16.9. The number of esters is 1. The van der Waals surface area contributed by atoms with E-state index in [1.165, 1.54) is 26.2 Å². The van der Waals surface area contributed by atoms with E-state index >= 15 is 0 Å². The Morgan fingerprint density at radius 2 is 1.67 bits per heavy atom. The summed E-state index contributed by atoms with van der Waals surface area (Å²) in [6, 6.07) is 13.5. The fourth-order valence-electron chi connectivity index (χ4n) is 2.87. The molecule has 0 fully saturated rings. The first-order chi connectivity index (χ1) is 14.4. The maximum atomic E-state index is 14.0. The van der Waals surface area contributed by atoms with E-state index in [2.05, 4.69) is 10.6 Å². The molecule has 2 atom stereocenters. The van der Waals surface area contributed by atoms with E-state index in [0.717, 1.165) is 5.56 Å². The van der Waals surface area contributed by atoms with Crippen molar-refractivity contribution in [3.8, 4) is 0 Å². The van der Waals surface area contributed by atoms with Crippen molar-refractivity contribution in [1.82, 2.24) is 10.6 Å². The van der Waals surface area contributed by atoms with Gasteiger partial charge in [-0.3, -0.25) is 9.59 Å². The molecular formula is C23H25FN2O4. The Morgan fingerprint density at radius 3 is 2.30 bits per heavy atom. The van der Waals surface area contributed by atoms with E-state index in [9.17, 15) is 18.8 Å². The van der Waals surface area contributed by atoms with Crippen molar-refractivity contribution in [3.63, 3.8) is 0 Å². The molecule has 2 aromatic rings. The van der Waals surface area contributed by atoms with Crippen LogP contribution in [0.1, 0.15) is 24.5 Å². The summed E-state index contributed by atoms with van der Waals surface area (Å²) in [6.07, 6.45) is 3.72. The minimum Gasteiger partial charge on any atom is -0.467 e. The second-order valence-electron chi connectivity index (χ2n) is 6.68. The van der Waals surface area contributed by atoms with Crippen LogP contribution < -0.4 is 10.6 Å². The van der Waals surface area contributed by atoms with E-state index in [0.29, 0.717) is 0 Å². The predicted octanol–water partition coefficient (Wildman–Crippen LogP) is 2.63. The first-order valence-corrected chi connectivity index (χ1v) is 9.51. The van der Waals surface area contributed by atoms with Crippen LogP contribution in [-0.2, 0) is 25.5 Å². The number of ether oxygens (including phenoxy) is 1. The molecule has 0 saturated heterocycles. The number of amides is 2. The Kier molecular flexibility index (Phi) is 8.75. The van der Waals surface area contributed by atoms with Gasteiger partial charge in [0, 0.05) is 13.3 Å². The van der Waals surface area contributed by atoms with Crippen LogP contribution in [0.3, 0.4) is 0 Å². The summed E-state index contributed by atoms with van der Waals surface area (Å²) in [7, 11) is 1.23. The van der Waals surface area contributed by atoms with Crippen molar-refractivity contribution in [2.45, 2.75) is 31.8 Å². The summed E-state index contributed by atoms with van der Waals surface area (Å²) in [6.45, 7) is 1.27. The summed E-state index contributed by atoms with van der Waals surface area (Å²) < 4.78 is 18.8. The van der Waals surface area contributed by atoms with Crippen LogP contribution in [-0.4, -0.2) is 37.0 Å². The third-order valence-corrected chi connectivity index (χ3v) is 4.36. The standard InChI is InChI=1S/C23H25FN2O4/c1-16(27)25-21(15-18-12-6-7-13-19(18)24)22(28)26-20(23(29)30-2)14-8-11-17-9-4-3-5-10-17/h3-13,20-21H,14-15H2,1-2H3,(H,25,27)(H,26,28)/b11-8+/t20-,21+/m1/s1. The molecule has 0 aliphatic heterocycles. The summed E-state index contributed by atoms with van der Waals surface area (Å²) in [4.78, 5) is 36.5. The lowest BCUT2D eigenvalue weighted by molar-refractivity contribution is -0.145. The van der Waals surface area contributed by atoms with Crippen molar-refractivity contribution >= 4 is 23.9 Å². The predicted molar refractivity (Wildman–Crippen MR) is 112 cm³/mol. The fraction of sp³-hybridized carbons (Fsp3) is 0.261. The molecule has 0 spiro atoms. The quantitative estimate of drug-likeness (QED) is 0.620. The Labute approximate surface area is 175 Å². The molecule has 0 aromatic heterocycles. The molecule has 2 rings (SSSR count). The summed E-state index contributed by atoms with van der Waals surface area (Å²) in [5, 5.41) is 5.11. The molecule has 0 heterocycles. The Bertz CT molecular complexity index is 899. The van der Waals surface area contributed by atoms with Gasteiger partial charge in [-0.15, -0.1) is 0 Å². The van der Waals surface area contributed by atoms with Gasteiger partial charge in [-0.05, 0) is 23.6 Å². The first-order valence-electron chi connectivity index (χ1n) is 9.51. The van der Waals surface area contributed by atoms with Gasteiger partial charge in [0.25, 0.3) is 0 Å². The van der Waals surface area contributed by atoms with Crippen LogP contribution in [0.2, 0.25) is 0 Å². The van der Waals surface area contributed by atoms with Crippen LogP contribution in [0.15, 0.2) is 60.7 Å². The fourth-order valence-corrected chi connectivity index (χ4v) is 2.87. The number of rotatable bonds is 9. The number of methoxy groups -OCH3 is 1. The van der Waals surface area contributed by atoms with Crippen LogP contribution in [0.5, 0.6) is 0 Å². The number of carbonyl (C=O) groups excluding carboxylic acids is 3. The number of hydrogen-bond donors (Lipinski definition) is 2. The lowest BCUT2D eigenvalue weighted by atomic mass is 10.0. The molecule has 2 aromatic carbocycles.